The van der Waals surface area contributed by atoms with Crippen LogP contribution in [0.5, 0.6) is 0 Å². The predicted molar refractivity (Wildman–Crippen MR) is 9.74 cm³/mol. The van der Waals surface area contributed by atoms with Gasteiger partial charge in [0.15, 0.2) is 0 Å². The van der Waals surface area contributed by atoms with Crippen LogP contribution in [-0.2, 0) is 32.7 Å². The average Bonchev–Trinajstić information content (AvgIpc) is 2.08. The molecule has 0 aliphatic rings. The normalized spacial score (nSPS) is 8.00. The smallest absolute Gasteiger partial charge is 0.457 e. The van der Waals surface area contributed by atoms with Gasteiger partial charge in [-0.3, -0.25) is 0 Å². The van der Waals surface area contributed by atoms with Crippen LogP contribution < -0.4 is 188 Å². The van der Waals surface area contributed by atoms with Crippen molar-refractivity contribution < 1.29 is 221 Å². The summed E-state index contributed by atoms with van der Waals surface area (Å²) in [5.41, 5.74) is 0. The second kappa shape index (κ2) is 52.3. The maximum absolute atomic E-state index is 8.57. The van der Waals surface area contributed by atoms with E-state index in [0.717, 1.165) is 0 Å². The Morgan fingerprint density at radius 3 is 0.222 bits per heavy atom. The molecule has 0 saturated carbocycles. The second-order valence-electron chi connectivity index (χ2n) is 1.13. The Labute approximate surface area is 217 Å². The van der Waals surface area contributed by atoms with Crippen molar-refractivity contribution in [1.29, 1.82) is 0 Å². The molecule has 0 amide bonds. The number of hydrogen-bond donors (Lipinski definition) is 0. The molecule has 0 rings (SSSR count). The Bertz CT molecular complexity index is 101. The van der Waals surface area contributed by atoms with Gasteiger partial charge in [-0.2, -0.15) is 0 Å². The van der Waals surface area contributed by atoms with E-state index in [2.05, 4.69) is 0 Å². The van der Waals surface area contributed by atoms with E-state index >= 15 is 0 Å². The Morgan fingerprint density at radius 1 is 0.222 bits per heavy atom. The van der Waals surface area contributed by atoms with E-state index in [4.69, 9.17) is 61.8 Å². The van der Waals surface area contributed by atoms with Crippen molar-refractivity contribution >= 4 is 0 Å². The summed E-state index contributed by atoms with van der Waals surface area (Å²) >= 11 is -24.1. The molecular weight excluding hydrogens is 1130 g/mol. The largest absolute Gasteiger partial charge is 4.00 e. The third-order valence-electron chi connectivity index (χ3n) is 0. The van der Waals surface area contributed by atoms with Crippen LogP contribution >= 0.6 is 0 Å². The van der Waals surface area contributed by atoms with Gasteiger partial charge in [0.25, 0.3) is 126 Å². The Kier molecular flexibility index (Phi) is 112. The average molecular weight is 1140 g/mol. The predicted octanol–water partition coefficient (Wildman–Crippen LogP) is -41.2. The first-order valence-electron chi connectivity index (χ1n) is 2.78. The maximum atomic E-state index is 8.57. The minimum Gasteiger partial charge on any atom is -0.457 e. The Hall–Kier alpha value is 4.29. The molecule has 0 bridgehead atoms. The Morgan fingerprint density at radius 2 is 0.222 bits per heavy atom. The summed E-state index contributed by atoms with van der Waals surface area (Å²) < 4.78 is 154. The Balaban J connectivity index is -0.0000000201. The van der Waals surface area contributed by atoms with Crippen molar-refractivity contribution in [2.45, 2.75) is 0 Å². The summed E-state index contributed by atoms with van der Waals surface area (Å²) in [6, 6.07) is 0. The van der Waals surface area contributed by atoms with Crippen molar-refractivity contribution in [2.24, 2.45) is 0 Å². The van der Waals surface area contributed by atoms with Gasteiger partial charge < -0.3 is 72.8 Å². The van der Waals surface area contributed by atoms with Gasteiger partial charge >= 0.3 is 21.7 Å². The third kappa shape index (κ3) is 1320. The summed E-state index contributed by atoms with van der Waals surface area (Å²) in [4.78, 5) is 0. The minimum absolute atomic E-state index is 0. The van der Waals surface area contributed by atoms with Gasteiger partial charge in [0.05, 0.1) is 0 Å². The van der Waals surface area contributed by atoms with Gasteiger partial charge in [-0.15, -0.1) is 0 Å². The fourth-order valence-corrected chi connectivity index (χ4v) is 0. The van der Waals surface area contributed by atoms with Crippen LogP contribution in [0.2, 0.25) is 0 Å². The molecule has 0 aromatic rings. The summed E-state index contributed by atoms with van der Waals surface area (Å²) in [6.07, 6.45) is 0. The molecule has 0 unspecified atom stereocenters. The van der Waals surface area contributed by atoms with Crippen LogP contribution in [0.15, 0.2) is 0 Å². The van der Waals surface area contributed by atoms with Crippen LogP contribution in [0, 0.1) is 0 Å². The number of hydrogen-bond acceptors (Lipinski definition) is 18. The molecule has 0 heterocycles. The molecule has 0 radical (unpaired) electrons. The van der Waals surface area contributed by atoms with Crippen molar-refractivity contribution in [3.63, 3.8) is 0 Å². The molecule has 27 heteroatoms. The quantitative estimate of drug-likeness (QED) is 0.123. The van der Waals surface area contributed by atoms with Crippen LogP contribution in [0.3, 0.4) is 0 Å². The maximum Gasteiger partial charge on any atom is 4.00 e. The third-order valence-corrected chi connectivity index (χ3v) is 0. The molecule has 0 atom stereocenters. The molecule has 0 saturated heterocycles. The van der Waals surface area contributed by atoms with Crippen LogP contribution in [-0.4, -0.2) is 0 Å². The van der Waals surface area contributed by atoms with Gasteiger partial charge in [0.1, 0.15) is 0 Å². The molecule has 27 heavy (non-hydrogen) atoms. The molecule has 20 nitrogen and oxygen atoms in total. The molecule has 0 aromatic carbocycles. The molecule has 6 N–H and O–H groups in total. The van der Waals surface area contributed by atoms with Gasteiger partial charge in [-0.1, -0.05) is 0 Å². The molecule has 172 valence electrons. The summed E-state index contributed by atoms with van der Waals surface area (Å²) in [5.74, 6) is 0. The second-order valence-corrected chi connectivity index (χ2v) is 7.61. The van der Waals surface area contributed by atoms with E-state index in [9.17, 15) is 0 Å². The van der Waals surface area contributed by atoms with E-state index in [-0.39, 0.29) is 32.7 Å². The fraction of sp³-hybridized carbons (Fsp3) is 0. The molecule has 0 aliphatic carbocycles. The van der Waals surface area contributed by atoms with Crippen molar-refractivity contribution in [2.75, 3.05) is 0 Å². The zero-order chi connectivity index (χ0) is 21.5. The monoisotopic (exact) mass is 1140 g/mol. The van der Waals surface area contributed by atoms with Gasteiger partial charge in [-0.25, -0.2) is 0 Å². The van der Waals surface area contributed by atoms with E-state index in [0.29, 0.717) is 0 Å². The zero-order valence-electron chi connectivity index (χ0n) is 11.3. The SMILES string of the molecule is [O-][I+2]([O-])[O-].[O-][I+2]([O-])[O-].[O-][I+2]([O-])[O-].[O-][I+2]([O-])[O-].[O-][I+2]([O-])[O-].[O-][I+2]([O-])[O-].[OH3+].[OH3+].[Ti+4]. The summed E-state index contributed by atoms with van der Waals surface area (Å²) in [6.45, 7) is 0. The minimum atomic E-state index is -4.01. The summed E-state index contributed by atoms with van der Waals surface area (Å²) in [7, 11) is 0. The van der Waals surface area contributed by atoms with E-state index in [1.807, 2.05) is 0 Å². The van der Waals surface area contributed by atoms with Gasteiger partial charge in [0.2, 0.25) is 0 Å². The van der Waals surface area contributed by atoms with E-state index in [1.54, 1.807) is 0 Å². The first-order chi connectivity index (χ1) is 10.4. The first kappa shape index (κ1) is 57.8. The van der Waals surface area contributed by atoms with E-state index in [1.165, 1.54) is 0 Å². The number of halogens is 6. The molecular formula is H6I6O20Ti. The van der Waals surface area contributed by atoms with Crippen molar-refractivity contribution in [3.8, 4) is 0 Å². The van der Waals surface area contributed by atoms with Crippen molar-refractivity contribution in [3.05, 3.63) is 0 Å². The zero-order valence-corrected chi connectivity index (χ0v) is 25.8. The first-order valence-corrected chi connectivity index (χ1v) is 18.6. The molecule has 0 aliphatic heterocycles. The summed E-state index contributed by atoms with van der Waals surface area (Å²) in [5, 5.41) is 0. The van der Waals surface area contributed by atoms with Gasteiger partial charge in [-0.05, 0) is 0 Å². The molecule has 0 fully saturated rings. The van der Waals surface area contributed by atoms with Crippen LogP contribution in [0.1, 0.15) is 0 Å². The molecule has 0 aromatic heterocycles. The van der Waals surface area contributed by atoms with Crippen LogP contribution in [0.25, 0.3) is 0 Å². The fourth-order valence-electron chi connectivity index (χ4n) is 0. The van der Waals surface area contributed by atoms with Crippen LogP contribution in [0.4, 0.5) is 0 Å². The number of rotatable bonds is 0. The van der Waals surface area contributed by atoms with E-state index < -0.39 is 126 Å². The molecule has 0 spiro atoms. The topological polar surface area (TPSA) is 481 Å². The van der Waals surface area contributed by atoms with Gasteiger partial charge in [0, 0.05) is 0 Å². The van der Waals surface area contributed by atoms with Crippen molar-refractivity contribution in [1.82, 2.24) is 0 Å². The standard InChI is InChI=1S/6IO3.2H2O.Ti/c6*2-1(3)4;;;/h;;;;;;2*1H2;/q6*-1;;;+4/p+2.